The van der Waals surface area contributed by atoms with E-state index in [1.54, 1.807) is 30.6 Å². The zero-order valence-corrected chi connectivity index (χ0v) is 10.1. The highest BCUT2D eigenvalue weighted by Crippen LogP contribution is 2.29. The van der Waals surface area contributed by atoms with Gasteiger partial charge in [0.1, 0.15) is 0 Å². The fourth-order valence-corrected chi connectivity index (χ4v) is 2.18. The van der Waals surface area contributed by atoms with Crippen LogP contribution in [0.1, 0.15) is 10.4 Å². The maximum atomic E-state index is 11.1. The molecule has 0 unspecified atom stereocenters. The van der Waals surface area contributed by atoms with Gasteiger partial charge in [-0.15, -0.1) is 0 Å². The van der Waals surface area contributed by atoms with Gasteiger partial charge in [0.2, 0.25) is 0 Å². The molecule has 2 aromatic rings. The third kappa shape index (κ3) is 2.95. The molecule has 0 aliphatic carbocycles. The Morgan fingerprint density at radius 2 is 2.00 bits per heavy atom. The van der Waals surface area contributed by atoms with Gasteiger partial charge in [-0.25, -0.2) is 14.8 Å². The van der Waals surface area contributed by atoms with Crippen molar-refractivity contribution < 1.29 is 9.90 Å². The lowest BCUT2D eigenvalue weighted by atomic mass is 10.2. The van der Waals surface area contributed by atoms with Gasteiger partial charge in [-0.2, -0.15) is 0 Å². The Morgan fingerprint density at radius 3 is 2.65 bits per heavy atom. The first-order valence-electron chi connectivity index (χ1n) is 4.64. The van der Waals surface area contributed by atoms with E-state index in [-0.39, 0.29) is 5.56 Å². The molecule has 2 rings (SSSR count). The molecule has 1 heterocycles. The lowest BCUT2D eigenvalue weighted by molar-refractivity contribution is 0.0693. The number of nitrogens with zero attached hydrogens (tertiary/aromatic N) is 2. The summed E-state index contributed by atoms with van der Waals surface area (Å²) < 4.78 is 0. The quantitative estimate of drug-likeness (QED) is 0.866. The number of aromatic nitrogens is 2. The average Bonchev–Trinajstić information content (AvgIpc) is 2.32. The molecule has 1 aromatic carbocycles. The molecule has 17 heavy (non-hydrogen) atoms. The maximum Gasteiger partial charge on any atom is 0.336 e. The summed E-state index contributed by atoms with van der Waals surface area (Å²) in [4.78, 5) is 19.7. The summed E-state index contributed by atoms with van der Waals surface area (Å²) in [7, 11) is 0. The number of halogens is 1. The first-order valence-corrected chi connectivity index (χ1v) is 5.84. The predicted octanol–water partition coefficient (Wildman–Crippen LogP) is 2.98. The van der Waals surface area contributed by atoms with Gasteiger partial charge >= 0.3 is 5.97 Å². The minimum Gasteiger partial charge on any atom is -0.478 e. The molecule has 1 N–H and O–H groups in total. The second-order valence-corrected chi connectivity index (χ2v) is 4.52. The summed E-state index contributed by atoms with van der Waals surface area (Å²) in [6.45, 7) is 0. The molecule has 0 fully saturated rings. The van der Waals surface area contributed by atoms with Crippen molar-refractivity contribution in [3.05, 3.63) is 47.2 Å². The molecule has 0 saturated heterocycles. The Kier molecular flexibility index (Phi) is 3.61. The predicted molar refractivity (Wildman–Crippen MR) is 64.6 cm³/mol. The van der Waals surface area contributed by atoms with Crippen LogP contribution < -0.4 is 0 Å². The molecular formula is C11H7ClN2O2S. The Hall–Kier alpha value is -1.59. The van der Waals surface area contributed by atoms with Gasteiger partial charge in [0.05, 0.1) is 5.56 Å². The lowest BCUT2D eigenvalue weighted by Gasteiger charge is -2.04. The zero-order chi connectivity index (χ0) is 12.3. The monoisotopic (exact) mass is 266 g/mol. The van der Waals surface area contributed by atoms with Gasteiger partial charge in [0, 0.05) is 22.3 Å². The molecule has 0 aliphatic heterocycles. The lowest BCUT2D eigenvalue weighted by Crippen LogP contribution is -1.99. The molecular weight excluding hydrogens is 260 g/mol. The summed E-state index contributed by atoms with van der Waals surface area (Å²) in [6, 6.07) is 6.39. The van der Waals surface area contributed by atoms with Crippen LogP contribution in [0, 0.1) is 0 Å². The summed E-state index contributed by atoms with van der Waals surface area (Å²) in [5.41, 5.74) is 0.148. The Balaban J connectivity index is 2.36. The molecule has 1 aromatic heterocycles. The Morgan fingerprint density at radius 1 is 1.29 bits per heavy atom. The summed E-state index contributed by atoms with van der Waals surface area (Å²) >= 11 is 6.95. The number of carboxylic acid groups (broad SMARTS) is 1. The van der Waals surface area contributed by atoms with Crippen molar-refractivity contribution in [2.45, 2.75) is 10.1 Å². The van der Waals surface area contributed by atoms with Crippen molar-refractivity contribution in [2.24, 2.45) is 0 Å². The molecule has 0 bridgehead atoms. The van der Waals surface area contributed by atoms with Crippen LogP contribution in [-0.2, 0) is 0 Å². The maximum absolute atomic E-state index is 11.1. The minimum absolute atomic E-state index is 0.148. The Labute approximate surface area is 107 Å². The summed E-state index contributed by atoms with van der Waals surface area (Å²) in [5.74, 6) is -1.02. The second kappa shape index (κ2) is 5.16. The summed E-state index contributed by atoms with van der Waals surface area (Å²) in [6.07, 6.45) is 3.21. The van der Waals surface area contributed by atoms with E-state index in [1.807, 2.05) is 0 Å². The molecule has 4 nitrogen and oxygen atoms in total. The molecule has 86 valence electrons. The van der Waals surface area contributed by atoms with Crippen LogP contribution in [-0.4, -0.2) is 21.0 Å². The van der Waals surface area contributed by atoms with Crippen molar-refractivity contribution in [3.8, 4) is 0 Å². The van der Waals surface area contributed by atoms with Crippen molar-refractivity contribution in [3.63, 3.8) is 0 Å². The van der Waals surface area contributed by atoms with Crippen molar-refractivity contribution in [2.75, 3.05) is 0 Å². The van der Waals surface area contributed by atoms with E-state index in [1.165, 1.54) is 17.8 Å². The molecule has 0 spiro atoms. The molecule has 0 radical (unpaired) electrons. The number of benzene rings is 1. The topological polar surface area (TPSA) is 63.1 Å². The number of hydrogen-bond donors (Lipinski definition) is 1. The van der Waals surface area contributed by atoms with Gasteiger partial charge in [0.15, 0.2) is 5.16 Å². The average molecular weight is 267 g/mol. The van der Waals surface area contributed by atoms with E-state index in [0.29, 0.717) is 15.1 Å². The van der Waals surface area contributed by atoms with Crippen LogP contribution in [0.2, 0.25) is 5.02 Å². The molecule has 0 aliphatic rings. The van der Waals surface area contributed by atoms with E-state index in [9.17, 15) is 4.79 Å². The van der Waals surface area contributed by atoms with Gasteiger partial charge < -0.3 is 5.11 Å². The van der Waals surface area contributed by atoms with Crippen molar-refractivity contribution >= 4 is 29.3 Å². The van der Waals surface area contributed by atoms with E-state index in [2.05, 4.69) is 9.97 Å². The normalized spacial score (nSPS) is 10.2. The van der Waals surface area contributed by atoms with Crippen LogP contribution in [0.3, 0.4) is 0 Å². The van der Waals surface area contributed by atoms with Gasteiger partial charge in [-0.05, 0) is 36.0 Å². The first-order chi connectivity index (χ1) is 8.16. The van der Waals surface area contributed by atoms with Gasteiger partial charge in [0.25, 0.3) is 0 Å². The van der Waals surface area contributed by atoms with E-state index >= 15 is 0 Å². The molecule has 6 heteroatoms. The summed E-state index contributed by atoms with van der Waals surface area (Å²) in [5, 5.41) is 9.94. The van der Waals surface area contributed by atoms with Crippen LogP contribution >= 0.6 is 23.4 Å². The largest absolute Gasteiger partial charge is 0.478 e. The molecule has 0 atom stereocenters. The van der Waals surface area contributed by atoms with Gasteiger partial charge in [-0.3, -0.25) is 0 Å². The highest BCUT2D eigenvalue weighted by Gasteiger charge is 2.12. The fraction of sp³-hybridized carbons (Fsp3) is 0. The van der Waals surface area contributed by atoms with Crippen LogP contribution in [0.25, 0.3) is 0 Å². The smallest absolute Gasteiger partial charge is 0.336 e. The fourth-order valence-electron chi connectivity index (χ4n) is 1.19. The standard InChI is InChI=1S/C11H7ClN2O2S/c12-7-2-3-9(8(6-7)10(15)16)17-11-13-4-1-5-14-11/h1-6H,(H,15,16). The SMILES string of the molecule is O=C(O)c1cc(Cl)ccc1Sc1ncccn1. The number of carboxylic acids is 1. The van der Waals surface area contributed by atoms with Crippen molar-refractivity contribution in [1.29, 1.82) is 0 Å². The van der Waals surface area contributed by atoms with Crippen LogP contribution in [0.4, 0.5) is 0 Å². The van der Waals surface area contributed by atoms with E-state index in [0.717, 1.165) is 0 Å². The Bertz CT molecular complexity index is 548. The molecule has 0 amide bonds. The number of carbonyl (C=O) groups is 1. The third-order valence-corrected chi connectivity index (χ3v) is 3.12. The van der Waals surface area contributed by atoms with Gasteiger partial charge in [-0.1, -0.05) is 11.6 Å². The zero-order valence-electron chi connectivity index (χ0n) is 8.50. The number of aromatic carboxylic acids is 1. The molecule has 0 saturated carbocycles. The first kappa shape index (κ1) is 11.9. The highest BCUT2D eigenvalue weighted by atomic mass is 35.5. The van der Waals surface area contributed by atoms with Crippen LogP contribution in [0.15, 0.2) is 46.7 Å². The number of hydrogen-bond acceptors (Lipinski definition) is 4. The van der Waals surface area contributed by atoms with E-state index < -0.39 is 5.97 Å². The van der Waals surface area contributed by atoms with Crippen molar-refractivity contribution in [1.82, 2.24) is 9.97 Å². The number of rotatable bonds is 3. The van der Waals surface area contributed by atoms with E-state index in [4.69, 9.17) is 16.7 Å². The highest BCUT2D eigenvalue weighted by molar-refractivity contribution is 7.99. The minimum atomic E-state index is -1.02. The van der Waals surface area contributed by atoms with Crippen LogP contribution in [0.5, 0.6) is 0 Å². The third-order valence-electron chi connectivity index (χ3n) is 1.92. The second-order valence-electron chi connectivity index (χ2n) is 3.08.